The second-order valence-electron chi connectivity index (χ2n) is 6.04. The molecule has 1 atom stereocenters. The van der Waals surface area contributed by atoms with E-state index in [1.807, 2.05) is 0 Å². The average molecular weight is 395 g/mol. The number of nitrogens with zero attached hydrogens (tertiary/aromatic N) is 5. The fourth-order valence-corrected chi connectivity index (χ4v) is 4.58. The number of sulfonamides is 1. The zero-order chi connectivity index (χ0) is 19.4. The molecule has 1 fully saturated rings. The highest BCUT2D eigenvalue weighted by Crippen LogP contribution is 2.29. The lowest BCUT2D eigenvalue weighted by Crippen LogP contribution is -2.42. The number of carbonyl (C=O) groups is 1. The van der Waals surface area contributed by atoms with E-state index < -0.39 is 15.9 Å². The minimum atomic E-state index is -3.78. The van der Waals surface area contributed by atoms with Crippen molar-refractivity contribution in [1.29, 1.82) is 0 Å². The van der Waals surface area contributed by atoms with Crippen LogP contribution in [0.5, 0.6) is 5.75 Å². The molecule has 10 nitrogen and oxygen atoms in total. The number of hydrogen-bond acceptors (Lipinski definition) is 8. The molecule has 0 aliphatic carbocycles. The van der Waals surface area contributed by atoms with Gasteiger partial charge < -0.3 is 9.47 Å². The molecule has 0 bridgehead atoms. The van der Waals surface area contributed by atoms with Crippen molar-refractivity contribution in [1.82, 2.24) is 24.5 Å². The minimum Gasteiger partial charge on any atom is -0.494 e. The van der Waals surface area contributed by atoms with E-state index in [2.05, 4.69) is 15.5 Å². The summed E-state index contributed by atoms with van der Waals surface area (Å²) in [5, 5.41) is 10.9. The highest BCUT2D eigenvalue weighted by molar-refractivity contribution is 7.89. The summed E-state index contributed by atoms with van der Waals surface area (Å²) in [5.74, 6) is -0.484. The maximum Gasteiger partial charge on any atom is 0.310 e. The first-order chi connectivity index (χ1) is 13.0. The molecule has 0 saturated carbocycles. The summed E-state index contributed by atoms with van der Waals surface area (Å²) in [6.45, 7) is 2.47. The van der Waals surface area contributed by atoms with Crippen LogP contribution in [0.3, 0.4) is 0 Å². The van der Waals surface area contributed by atoms with Gasteiger partial charge in [0.2, 0.25) is 10.0 Å². The Hall–Kier alpha value is -2.53. The summed E-state index contributed by atoms with van der Waals surface area (Å²) in [5.41, 5.74) is 0.518. The van der Waals surface area contributed by atoms with Gasteiger partial charge in [0.15, 0.2) is 0 Å². The number of tetrazole rings is 1. The molecule has 2 heterocycles. The Morgan fingerprint density at radius 2 is 2.19 bits per heavy atom. The molecule has 1 saturated heterocycles. The lowest BCUT2D eigenvalue weighted by molar-refractivity contribution is -0.149. The van der Waals surface area contributed by atoms with Crippen LogP contribution in [0.4, 0.5) is 0 Å². The summed E-state index contributed by atoms with van der Waals surface area (Å²) >= 11 is 0. The Kier molecular flexibility index (Phi) is 5.71. The van der Waals surface area contributed by atoms with Crippen molar-refractivity contribution in [3.63, 3.8) is 0 Å². The van der Waals surface area contributed by atoms with Crippen LogP contribution in [0.2, 0.25) is 0 Å². The van der Waals surface area contributed by atoms with E-state index in [1.165, 1.54) is 34.6 Å². The monoisotopic (exact) mass is 395 g/mol. The third-order valence-electron chi connectivity index (χ3n) is 4.39. The summed E-state index contributed by atoms with van der Waals surface area (Å²) in [4.78, 5) is 12.1. The lowest BCUT2D eigenvalue weighted by atomic mass is 10.0. The number of ether oxygens (including phenoxy) is 2. The van der Waals surface area contributed by atoms with Gasteiger partial charge in [0.05, 0.1) is 24.5 Å². The molecular formula is C16H21N5O5S. The molecule has 0 N–H and O–H groups in total. The number of benzene rings is 1. The van der Waals surface area contributed by atoms with Crippen LogP contribution in [0.1, 0.15) is 19.8 Å². The van der Waals surface area contributed by atoms with Gasteiger partial charge in [-0.05, 0) is 42.3 Å². The molecule has 0 spiro atoms. The zero-order valence-corrected chi connectivity index (χ0v) is 15.9. The van der Waals surface area contributed by atoms with E-state index in [4.69, 9.17) is 9.47 Å². The molecule has 2 aromatic rings. The molecule has 1 aliphatic rings. The van der Waals surface area contributed by atoms with Gasteiger partial charge in [0, 0.05) is 19.2 Å². The normalized spacial score (nSPS) is 18.2. The predicted molar refractivity (Wildman–Crippen MR) is 93.8 cm³/mol. The number of aromatic nitrogens is 4. The largest absolute Gasteiger partial charge is 0.494 e. The average Bonchev–Trinajstić information content (AvgIpc) is 3.22. The minimum absolute atomic E-state index is 0.0840. The summed E-state index contributed by atoms with van der Waals surface area (Å²) in [7, 11) is -2.34. The van der Waals surface area contributed by atoms with E-state index in [1.54, 1.807) is 13.0 Å². The Bertz CT molecular complexity index is 900. The van der Waals surface area contributed by atoms with Crippen LogP contribution in [0.15, 0.2) is 29.4 Å². The third kappa shape index (κ3) is 3.93. The number of methoxy groups -OCH3 is 1. The molecular weight excluding hydrogens is 374 g/mol. The van der Waals surface area contributed by atoms with Crippen LogP contribution < -0.4 is 4.74 Å². The number of hydrogen-bond donors (Lipinski definition) is 0. The van der Waals surface area contributed by atoms with Gasteiger partial charge in [0.25, 0.3) is 0 Å². The number of rotatable bonds is 6. The van der Waals surface area contributed by atoms with E-state index >= 15 is 0 Å². The molecule has 27 heavy (non-hydrogen) atoms. The standard InChI is InChI=1S/C16H21N5O5S/c1-3-26-16(22)12-5-4-8-20(10-12)27(23,24)13-6-7-14(15(9-13)25-2)21-11-17-18-19-21/h6-7,9,11-12H,3-5,8,10H2,1-2H3. The maximum atomic E-state index is 13.1. The zero-order valence-electron chi connectivity index (χ0n) is 15.1. The Morgan fingerprint density at radius 3 is 2.85 bits per heavy atom. The van der Waals surface area contributed by atoms with Crippen LogP contribution in [0.25, 0.3) is 5.69 Å². The molecule has 1 aliphatic heterocycles. The van der Waals surface area contributed by atoms with Gasteiger partial charge in [-0.15, -0.1) is 5.10 Å². The van der Waals surface area contributed by atoms with Crippen molar-refractivity contribution in [2.75, 3.05) is 26.8 Å². The van der Waals surface area contributed by atoms with Gasteiger partial charge in [-0.25, -0.2) is 8.42 Å². The van der Waals surface area contributed by atoms with E-state index in [0.717, 1.165) is 0 Å². The van der Waals surface area contributed by atoms with Crippen molar-refractivity contribution in [3.05, 3.63) is 24.5 Å². The summed E-state index contributed by atoms with van der Waals surface area (Å²) in [6, 6.07) is 4.48. The topological polar surface area (TPSA) is 117 Å². The first-order valence-electron chi connectivity index (χ1n) is 8.55. The van der Waals surface area contributed by atoms with Crippen molar-refractivity contribution < 1.29 is 22.7 Å². The second kappa shape index (κ2) is 8.01. The van der Waals surface area contributed by atoms with E-state index in [9.17, 15) is 13.2 Å². The van der Waals surface area contributed by atoms with Crippen LogP contribution in [-0.4, -0.2) is 65.7 Å². The van der Waals surface area contributed by atoms with Crippen LogP contribution in [-0.2, 0) is 19.6 Å². The highest BCUT2D eigenvalue weighted by Gasteiger charge is 2.34. The molecule has 11 heteroatoms. The first kappa shape index (κ1) is 19.2. The smallest absolute Gasteiger partial charge is 0.310 e. The summed E-state index contributed by atoms with van der Waals surface area (Å²) < 4.78 is 39.2. The van der Waals surface area contributed by atoms with Gasteiger partial charge in [-0.2, -0.15) is 8.99 Å². The number of esters is 1. The van der Waals surface area contributed by atoms with E-state index in [-0.39, 0.29) is 24.0 Å². The van der Waals surface area contributed by atoms with Gasteiger partial charge >= 0.3 is 5.97 Å². The summed E-state index contributed by atoms with van der Waals surface area (Å²) in [6.07, 6.45) is 2.61. The van der Waals surface area contributed by atoms with Gasteiger partial charge in [-0.1, -0.05) is 0 Å². The van der Waals surface area contributed by atoms with Crippen LogP contribution >= 0.6 is 0 Å². The second-order valence-corrected chi connectivity index (χ2v) is 7.98. The van der Waals surface area contributed by atoms with Gasteiger partial charge in [0.1, 0.15) is 17.8 Å². The molecule has 1 aromatic heterocycles. The van der Waals surface area contributed by atoms with Crippen molar-refractivity contribution in [3.8, 4) is 11.4 Å². The van der Waals surface area contributed by atoms with Crippen molar-refractivity contribution >= 4 is 16.0 Å². The number of carbonyl (C=O) groups excluding carboxylic acids is 1. The highest BCUT2D eigenvalue weighted by atomic mass is 32.2. The van der Waals surface area contributed by atoms with Crippen LogP contribution in [0, 0.1) is 5.92 Å². The first-order valence-corrected chi connectivity index (χ1v) is 9.99. The lowest BCUT2D eigenvalue weighted by Gasteiger charge is -2.30. The molecule has 0 radical (unpaired) electrons. The molecule has 1 aromatic carbocycles. The van der Waals surface area contributed by atoms with E-state index in [0.29, 0.717) is 30.8 Å². The maximum absolute atomic E-state index is 13.1. The van der Waals surface area contributed by atoms with Crippen molar-refractivity contribution in [2.24, 2.45) is 5.92 Å². The molecule has 146 valence electrons. The molecule has 3 rings (SSSR count). The molecule has 1 unspecified atom stereocenters. The predicted octanol–water partition coefficient (Wildman–Crippen LogP) is 0.635. The Balaban J connectivity index is 1.87. The quantitative estimate of drug-likeness (QED) is 0.654. The third-order valence-corrected chi connectivity index (χ3v) is 6.25. The number of piperidine rings is 1. The van der Waals surface area contributed by atoms with Crippen molar-refractivity contribution in [2.45, 2.75) is 24.7 Å². The fourth-order valence-electron chi connectivity index (χ4n) is 3.04. The Morgan fingerprint density at radius 1 is 1.37 bits per heavy atom. The van der Waals surface area contributed by atoms with Gasteiger partial charge in [-0.3, -0.25) is 4.79 Å². The SMILES string of the molecule is CCOC(=O)C1CCCN(S(=O)(=O)c2ccc(-n3cnnn3)c(OC)c2)C1. The Labute approximate surface area is 157 Å². The molecule has 0 amide bonds. The fraction of sp³-hybridized carbons (Fsp3) is 0.500.